The van der Waals surface area contributed by atoms with Crippen LogP contribution in [-0.4, -0.2) is 28.3 Å². The molecule has 170 valence electrons. The third-order valence-electron chi connectivity index (χ3n) is 8.78. The molecule has 33 heavy (non-hydrogen) atoms. The number of anilines is 1. The molecule has 2 aromatic heterocycles. The van der Waals surface area contributed by atoms with Crippen LogP contribution in [0.3, 0.4) is 0 Å². The summed E-state index contributed by atoms with van der Waals surface area (Å²) in [5.74, 6) is 0.585. The van der Waals surface area contributed by atoms with Gasteiger partial charge in [0.05, 0.1) is 17.0 Å². The van der Waals surface area contributed by atoms with Crippen molar-refractivity contribution >= 4 is 5.82 Å². The lowest BCUT2D eigenvalue weighted by Gasteiger charge is -2.48. The van der Waals surface area contributed by atoms with Crippen LogP contribution >= 0.6 is 0 Å². The molecule has 1 saturated heterocycles. The minimum atomic E-state index is -0.598. The Labute approximate surface area is 193 Å². The third-order valence-corrected chi connectivity index (χ3v) is 8.78. The van der Waals surface area contributed by atoms with Crippen molar-refractivity contribution in [3.63, 3.8) is 0 Å². The molecule has 4 nitrogen and oxygen atoms in total. The molecule has 1 aromatic carbocycles. The van der Waals surface area contributed by atoms with Crippen LogP contribution in [0.4, 0.5) is 14.6 Å². The van der Waals surface area contributed by atoms with E-state index in [0.29, 0.717) is 17.5 Å². The van der Waals surface area contributed by atoms with Gasteiger partial charge in [0.25, 0.3) is 0 Å². The lowest BCUT2D eigenvalue weighted by atomic mass is 9.59. The summed E-state index contributed by atoms with van der Waals surface area (Å²) in [4.78, 5) is 7.00. The van der Waals surface area contributed by atoms with Gasteiger partial charge in [0.15, 0.2) is 0 Å². The van der Waals surface area contributed by atoms with E-state index in [1.165, 1.54) is 18.2 Å². The highest BCUT2D eigenvalue weighted by Gasteiger charge is 2.66. The summed E-state index contributed by atoms with van der Waals surface area (Å²) < 4.78 is 29.0. The fourth-order valence-electron chi connectivity index (χ4n) is 7.27. The minimum absolute atomic E-state index is 0.00814. The van der Waals surface area contributed by atoms with Crippen LogP contribution in [0.5, 0.6) is 0 Å². The Balaban J connectivity index is 1.43. The quantitative estimate of drug-likeness (QED) is 0.503. The van der Waals surface area contributed by atoms with Crippen LogP contribution in [-0.2, 0) is 5.41 Å². The van der Waals surface area contributed by atoms with Gasteiger partial charge in [-0.15, -0.1) is 0 Å². The van der Waals surface area contributed by atoms with Gasteiger partial charge in [0.1, 0.15) is 17.5 Å². The Bertz CT molecular complexity index is 1190. The van der Waals surface area contributed by atoms with Gasteiger partial charge in [0.2, 0.25) is 0 Å². The van der Waals surface area contributed by atoms with Crippen LogP contribution < -0.4 is 4.90 Å². The van der Waals surface area contributed by atoms with Crippen LogP contribution in [0.1, 0.15) is 56.7 Å². The van der Waals surface area contributed by atoms with Crippen LogP contribution in [0.15, 0.2) is 48.7 Å². The molecule has 3 aliphatic rings. The van der Waals surface area contributed by atoms with E-state index < -0.39 is 11.6 Å². The summed E-state index contributed by atoms with van der Waals surface area (Å²) in [5, 5.41) is 9.11. The van der Waals surface area contributed by atoms with Gasteiger partial charge in [0, 0.05) is 24.7 Å². The molecule has 1 aliphatic heterocycles. The van der Waals surface area contributed by atoms with E-state index in [9.17, 15) is 8.78 Å². The van der Waals surface area contributed by atoms with Crippen molar-refractivity contribution in [2.75, 3.05) is 18.0 Å². The largest absolute Gasteiger partial charge is 0.356 e. The number of rotatable bonds is 3. The van der Waals surface area contributed by atoms with Gasteiger partial charge in [-0.3, -0.25) is 0 Å². The first-order valence-electron chi connectivity index (χ1n) is 11.9. The zero-order valence-electron chi connectivity index (χ0n) is 19.1. The Morgan fingerprint density at radius 2 is 1.82 bits per heavy atom. The number of halogens is 2. The van der Waals surface area contributed by atoms with E-state index in [2.05, 4.69) is 34.9 Å². The molecule has 0 amide bonds. The Kier molecular flexibility index (Phi) is 4.58. The first-order chi connectivity index (χ1) is 15.9. The molecule has 6 heteroatoms. The SMILES string of the molecule is CC1(C)C2CCC1(C1CCCN(c3ccccn3)C1)c1nnc(-c3c(F)cccc3F)cc12. The summed E-state index contributed by atoms with van der Waals surface area (Å²) >= 11 is 0. The first kappa shape index (κ1) is 20.7. The van der Waals surface area contributed by atoms with E-state index >= 15 is 0 Å². The first-order valence-corrected chi connectivity index (χ1v) is 11.9. The maximum Gasteiger partial charge on any atom is 0.135 e. The normalized spacial score (nSPS) is 27.6. The average Bonchev–Trinajstić information content (AvgIpc) is 3.21. The fraction of sp³-hybridized carbons (Fsp3) is 0.444. The number of piperidine rings is 1. The van der Waals surface area contributed by atoms with E-state index in [1.807, 2.05) is 24.4 Å². The van der Waals surface area contributed by atoms with Gasteiger partial charge in [-0.1, -0.05) is 26.0 Å². The Morgan fingerprint density at radius 3 is 2.58 bits per heavy atom. The van der Waals surface area contributed by atoms with Gasteiger partial charge in [-0.25, -0.2) is 13.8 Å². The zero-order valence-corrected chi connectivity index (χ0v) is 19.1. The van der Waals surface area contributed by atoms with Crippen LogP contribution in [0.2, 0.25) is 0 Å². The predicted octanol–water partition coefficient (Wildman–Crippen LogP) is 5.89. The smallest absolute Gasteiger partial charge is 0.135 e. The predicted molar refractivity (Wildman–Crippen MR) is 124 cm³/mol. The molecule has 3 unspecified atom stereocenters. The second-order valence-electron chi connectivity index (χ2n) is 10.4. The molecule has 2 bridgehead atoms. The number of fused-ring (bicyclic) bond motifs is 5. The molecule has 2 fully saturated rings. The van der Waals surface area contributed by atoms with Crippen molar-refractivity contribution < 1.29 is 8.78 Å². The van der Waals surface area contributed by atoms with Crippen molar-refractivity contribution in [2.24, 2.45) is 11.3 Å². The summed E-state index contributed by atoms with van der Waals surface area (Å²) in [6, 6.07) is 11.9. The number of hydrogen-bond donors (Lipinski definition) is 0. The monoisotopic (exact) mass is 446 g/mol. The Morgan fingerprint density at radius 1 is 1.00 bits per heavy atom. The molecular weight excluding hydrogens is 418 g/mol. The molecule has 3 heterocycles. The van der Waals surface area contributed by atoms with Crippen molar-refractivity contribution in [1.82, 2.24) is 15.2 Å². The molecular formula is C27H28F2N4. The molecule has 3 atom stereocenters. The van der Waals surface area contributed by atoms with Gasteiger partial charge < -0.3 is 4.90 Å². The maximum atomic E-state index is 14.5. The minimum Gasteiger partial charge on any atom is -0.356 e. The summed E-state index contributed by atoms with van der Waals surface area (Å²) in [5.41, 5.74) is 2.32. The van der Waals surface area contributed by atoms with Gasteiger partial charge in [-0.05, 0) is 78.8 Å². The molecule has 6 rings (SSSR count). The highest BCUT2D eigenvalue weighted by atomic mass is 19.1. The van der Waals surface area contributed by atoms with Crippen molar-refractivity contribution in [1.29, 1.82) is 0 Å². The van der Waals surface area contributed by atoms with E-state index in [0.717, 1.165) is 55.8 Å². The molecule has 2 aliphatic carbocycles. The van der Waals surface area contributed by atoms with Gasteiger partial charge in [-0.2, -0.15) is 10.2 Å². The van der Waals surface area contributed by atoms with Crippen molar-refractivity contribution in [3.05, 3.63) is 71.6 Å². The standard InChI is InChI=1S/C27H28F2N4/c1-26(2)19-11-12-27(26,17-7-6-14-33(16-17)23-10-3-4-13-30-23)25-18(19)15-22(31-32-25)24-20(28)8-5-9-21(24)29/h3-5,8-10,13,15,17,19H,6-7,11-12,14,16H2,1-2H3. The van der Waals surface area contributed by atoms with E-state index in [4.69, 9.17) is 5.10 Å². The summed E-state index contributed by atoms with van der Waals surface area (Å²) in [6.07, 6.45) is 6.27. The third kappa shape index (κ3) is 2.82. The van der Waals surface area contributed by atoms with E-state index in [1.54, 1.807) is 0 Å². The van der Waals surface area contributed by atoms with Crippen LogP contribution in [0.25, 0.3) is 11.3 Å². The highest BCUT2D eigenvalue weighted by Crippen LogP contribution is 2.70. The second-order valence-corrected chi connectivity index (χ2v) is 10.4. The second kappa shape index (κ2) is 7.31. The molecule has 0 radical (unpaired) electrons. The Hall–Kier alpha value is -2.89. The number of nitrogens with zero attached hydrogens (tertiary/aromatic N) is 4. The highest BCUT2D eigenvalue weighted by molar-refractivity contribution is 5.63. The van der Waals surface area contributed by atoms with Gasteiger partial charge >= 0.3 is 0 Å². The molecule has 3 aromatic rings. The van der Waals surface area contributed by atoms with Crippen molar-refractivity contribution in [3.8, 4) is 11.3 Å². The van der Waals surface area contributed by atoms with Crippen LogP contribution in [0, 0.1) is 23.0 Å². The zero-order chi connectivity index (χ0) is 22.8. The maximum absolute atomic E-state index is 14.5. The number of benzene rings is 1. The fourth-order valence-corrected chi connectivity index (χ4v) is 7.27. The lowest BCUT2D eigenvalue weighted by molar-refractivity contribution is 0.112. The number of pyridine rings is 1. The molecule has 1 saturated carbocycles. The number of hydrogen-bond acceptors (Lipinski definition) is 4. The molecule has 0 spiro atoms. The lowest BCUT2D eigenvalue weighted by Crippen LogP contribution is -2.50. The average molecular weight is 447 g/mol. The molecule has 0 N–H and O–H groups in total. The number of aromatic nitrogens is 3. The van der Waals surface area contributed by atoms with E-state index in [-0.39, 0.29) is 16.4 Å². The topological polar surface area (TPSA) is 41.9 Å². The summed E-state index contributed by atoms with van der Waals surface area (Å²) in [6.45, 7) is 6.67. The summed E-state index contributed by atoms with van der Waals surface area (Å²) in [7, 11) is 0. The van der Waals surface area contributed by atoms with Crippen molar-refractivity contribution in [2.45, 2.75) is 50.9 Å².